The van der Waals surface area contributed by atoms with E-state index >= 15 is 0 Å². The molecule has 0 amide bonds. The maximum Gasteiger partial charge on any atom is 0.358 e. The average molecular weight is 232 g/mol. The minimum Gasteiger partial charge on any atom is -0.464 e. The van der Waals surface area contributed by atoms with Gasteiger partial charge in [0.2, 0.25) is 0 Å². The molecule has 0 unspecified atom stereocenters. The number of hydrogen-bond acceptors (Lipinski definition) is 3. The van der Waals surface area contributed by atoms with Crippen molar-refractivity contribution in [2.24, 2.45) is 0 Å². The minimum absolute atomic E-state index is 0.233. The summed E-state index contributed by atoms with van der Waals surface area (Å²) in [5.74, 6) is -0.829. The van der Waals surface area contributed by atoms with E-state index < -0.39 is 5.97 Å². The highest BCUT2D eigenvalue weighted by Gasteiger charge is 2.27. The van der Waals surface area contributed by atoms with Crippen molar-refractivity contribution in [2.75, 3.05) is 7.11 Å². The molecular weight excluding hydrogens is 223 g/mol. The van der Waals surface area contributed by atoms with E-state index in [4.69, 9.17) is 0 Å². The number of aromatic nitrogens is 2. The third-order valence-electron chi connectivity index (χ3n) is 2.88. The first-order valence-corrected chi connectivity index (χ1v) is 5.13. The maximum atomic E-state index is 13.2. The van der Waals surface area contributed by atoms with Crippen molar-refractivity contribution >= 4 is 5.97 Å². The van der Waals surface area contributed by atoms with Crippen LogP contribution in [0.25, 0.3) is 11.3 Å². The van der Waals surface area contributed by atoms with Crippen LogP contribution in [0.1, 0.15) is 16.1 Å². The Morgan fingerprint density at radius 3 is 3.12 bits per heavy atom. The van der Waals surface area contributed by atoms with Gasteiger partial charge < -0.3 is 9.30 Å². The van der Waals surface area contributed by atoms with Gasteiger partial charge in [0.15, 0.2) is 5.69 Å². The molecule has 17 heavy (non-hydrogen) atoms. The van der Waals surface area contributed by atoms with Crippen LogP contribution in [0.5, 0.6) is 0 Å². The second kappa shape index (κ2) is 3.41. The molecule has 0 spiro atoms. The van der Waals surface area contributed by atoms with Gasteiger partial charge in [0, 0.05) is 12.1 Å². The summed E-state index contributed by atoms with van der Waals surface area (Å²) in [6.07, 6.45) is 1.57. The lowest BCUT2D eigenvalue weighted by molar-refractivity contribution is 0.0595. The predicted molar refractivity (Wildman–Crippen MR) is 58.1 cm³/mol. The zero-order valence-corrected chi connectivity index (χ0v) is 9.11. The molecule has 1 aromatic carbocycles. The van der Waals surface area contributed by atoms with Crippen molar-refractivity contribution in [3.8, 4) is 11.3 Å². The van der Waals surface area contributed by atoms with Crippen LogP contribution in [0.2, 0.25) is 0 Å². The molecule has 2 heterocycles. The Morgan fingerprint density at radius 2 is 2.35 bits per heavy atom. The summed E-state index contributed by atoms with van der Waals surface area (Å²) in [5, 5.41) is 0. The van der Waals surface area contributed by atoms with Gasteiger partial charge in [0.05, 0.1) is 19.1 Å². The summed E-state index contributed by atoms with van der Waals surface area (Å²) in [7, 11) is 1.30. The van der Waals surface area contributed by atoms with Crippen molar-refractivity contribution < 1.29 is 13.9 Å². The molecule has 0 N–H and O–H groups in total. The number of rotatable bonds is 1. The fraction of sp³-hybridized carbons (Fsp3) is 0.167. The molecule has 4 nitrogen and oxygen atoms in total. The first-order valence-electron chi connectivity index (χ1n) is 5.13. The number of nitrogens with zero attached hydrogens (tertiary/aromatic N) is 2. The molecule has 0 saturated heterocycles. The lowest BCUT2D eigenvalue weighted by Crippen LogP contribution is -2.03. The van der Waals surface area contributed by atoms with Crippen LogP contribution in [0.3, 0.4) is 0 Å². The highest BCUT2D eigenvalue weighted by Crippen LogP contribution is 2.34. The highest BCUT2D eigenvalue weighted by atomic mass is 19.1. The van der Waals surface area contributed by atoms with E-state index in [1.807, 2.05) is 4.57 Å². The quantitative estimate of drug-likeness (QED) is 0.601. The third-order valence-corrected chi connectivity index (χ3v) is 2.88. The van der Waals surface area contributed by atoms with Crippen molar-refractivity contribution in [2.45, 2.75) is 6.54 Å². The molecular formula is C12H9FN2O2. The van der Waals surface area contributed by atoms with Crippen LogP contribution in [0.4, 0.5) is 4.39 Å². The number of ether oxygens (including phenoxy) is 1. The zero-order chi connectivity index (χ0) is 12.0. The first kappa shape index (κ1) is 10.0. The van der Waals surface area contributed by atoms with Crippen LogP contribution < -0.4 is 0 Å². The summed E-state index contributed by atoms with van der Waals surface area (Å²) in [6.45, 7) is 0.606. The monoisotopic (exact) mass is 232 g/mol. The molecule has 0 atom stereocenters. The molecule has 86 valence electrons. The van der Waals surface area contributed by atoms with Crippen molar-refractivity contribution in [3.05, 3.63) is 41.6 Å². The van der Waals surface area contributed by atoms with Gasteiger partial charge in [-0.25, -0.2) is 14.2 Å². The predicted octanol–water partition coefficient (Wildman–Crippen LogP) is 1.84. The molecule has 0 saturated carbocycles. The average Bonchev–Trinajstić information content (AvgIpc) is 2.87. The normalized spacial score (nSPS) is 12.1. The van der Waals surface area contributed by atoms with Crippen LogP contribution in [0.15, 0.2) is 24.5 Å². The summed E-state index contributed by atoms with van der Waals surface area (Å²) in [6, 6.07) is 4.55. The molecule has 2 aromatic rings. The number of methoxy groups -OCH3 is 1. The summed E-state index contributed by atoms with van der Waals surface area (Å²) < 4.78 is 19.7. The van der Waals surface area contributed by atoms with Crippen LogP contribution in [-0.2, 0) is 11.3 Å². The van der Waals surface area contributed by atoms with E-state index in [0.717, 1.165) is 5.56 Å². The topological polar surface area (TPSA) is 44.1 Å². The standard InChI is InChI=1S/C12H9FN2O2/c1-17-12(16)10-11-9-4-8(13)3-2-7(9)5-15(11)6-14-10/h2-4,6H,5H2,1H3. The summed E-state index contributed by atoms with van der Waals surface area (Å²) in [5.41, 5.74) is 2.56. The van der Waals surface area contributed by atoms with Gasteiger partial charge in [-0.2, -0.15) is 0 Å². The van der Waals surface area contributed by atoms with E-state index in [9.17, 15) is 9.18 Å². The number of carbonyl (C=O) groups excluding carboxylic acids is 1. The van der Waals surface area contributed by atoms with Gasteiger partial charge >= 0.3 is 5.97 Å². The van der Waals surface area contributed by atoms with Gasteiger partial charge in [0.1, 0.15) is 5.82 Å². The van der Waals surface area contributed by atoms with E-state index in [1.54, 1.807) is 12.4 Å². The smallest absolute Gasteiger partial charge is 0.358 e. The minimum atomic E-state index is -0.504. The van der Waals surface area contributed by atoms with E-state index in [2.05, 4.69) is 9.72 Å². The Kier molecular flexibility index (Phi) is 2.01. The molecule has 5 heteroatoms. The van der Waals surface area contributed by atoms with Gasteiger partial charge in [-0.15, -0.1) is 0 Å². The van der Waals surface area contributed by atoms with Gasteiger partial charge in [-0.3, -0.25) is 0 Å². The zero-order valence-electron chi connectivity index (χ0n) is 9.11. The van der Waals surface area contributed by atoms with Crippen LogP contribution >= 0.6 is 0 Å². The Balaban J connectivity index is 2.22. The molecule has 0 radical (unpaired) electrons. The van der Waals surface area contributed by atoms with E-state index in [1.165, 1.54) is 19.2 Å². The number of hydrogen-bond donors (Lipinski definition) is 0. The number of esters is 1. The fourth-order valence-corrected chi connectivity index (χ4v) is 2.12. The maximum absolute atomic E-state index is 13.2. The van der Waals surface area contributed by atoms with Gasteiger partial charge in [-0.05, 0) is 17.7 Å². The van der Waals surface area contributed by atoms with Crippen molar-refractivity contribution in [1.82, 2.24) is 9.55 Å². The second-order valence-electron chi connectivity index (χ2n) is 3.86. The molecule has 0 bridgehead atoms. The molecule has 3 rings (SSSR count). The van der Waals surface area contributed by atoms with Gasteiger partial charge in [0.25, 0.3) is 0 Å². The number of fused-ring (bicyclic) bond motifs is 3. The number of benzene rings is 1. The Morgan fingerprint density at radius 1 is 1.53 bits per heavy atom. The lowest BCUT2D eigenvalue weighted by atomic mass is 10.1. The van der Waals surface area contributed by atoms with E-state index in [-0.39, 0.29) is 11.5 Å². The highest BCUT2D eigenvalue weighted by molar-refractivity contribution is 5.95. The molecule has 0 fully saturated rings. The molecule has 0 aliphatic carbocycles. The first-order chi connectivity index (χ1) is 8.20. The SMILES string of the molecule is COC(=O)c1ncn2c1-c1cc(F)ccc1C2. The molecule has 1 aliphatic rings. The van der Waals surface area contributed by atoms with Crippen LogP contribution in [-0.4, -0.2) is 22.6 Å². The fourth-order valence-electron chi connectivity index (χ4n) is 2.12. The van der Waals surface area contributed by atoms with E-state index in [0.29, 0.717) is 17.8 Å². The summed E-state index contributed by atoms with van der Waals surface area (Å²) >= 11 is 0. The van der Waals surface area contributed by atoms with Crippen molar-refractivity contribution in [1.29, 1.82) is 0 Å². The molecule has 1 aromatic heterocycles. The summed E-state index contributed by atoms with van der Waals surface area (Å²) in [4.78, 5) is 15.5. The van der Waals surface area contributed by atoms with Gasteiger partial charge in [-0.1, -0.05) is 6.07 Å². The Hall–Kier alpha value is -2.17. The number of imidazole rings is 1. The largest absolute Gasteiger partial charge is 0.464 e. The second-order valence-corrected chi connectivity index (χ2v) is 3.86. The number of halogens is 1. The Labute approximate surface area is 96.7 Å². The third kappa shape index (κ3) is 1.35. The van der Waals surface area contributed by atoms with Crippen LogP contribution in [0, 0.1) is 5.82 Å². The molecule has 1 aliphatic heterocycles. The lowest BCUT2D eigenvalue weighted by Gasteiger charge is -2.00. The Bertz CT molecular complexity index is 619. The number of carbonyl (C=O) groups is 1. The van der Waals surface area contributed by atoms with Crippen molar-refractivity contribution in [3.63, 3.8) is 0 Å².